The van der Waals surface area contributed by atoms with Crippen LogP contribution >= 0.6 is 0 Å². The zero-order valence-corrected chi connectivity index (χ0v) is 16.7. The lowest BCUT2D eigenvalue weighted by molar-refractivity contribution is -0.129. The second-order valence-corrected chi connectivity index (χ2v) is 6.97. The highest BCUT2D eigenvalue weighted by molar-refractivity contribution is 6.01. The molecule has 0 spiro atoms. The number of fused-ring (bicyclic) bond motifs is 2. The fourth-order valence-corrected chi connectivity index (χ4v) is 3.89. The summed E-state index contributed by atoms with van der Waals surface area (Å²) in [5, 5.41) is 13.7. The molecule has 1 aliphatic carbocycles. The van der Waals surface area contributed by atoms with Crippen LogP contribution in [0, 0.1) is 0 Å². The highest BCUT2D eigenvalue weighted by Crippen LogP contribution is 2.39. The van der Waals surface area contributed by atoms with Crippen LogP contribution in [0.15, 0.2) is 48.5 Å². The van der Waals surface area contributed by atoms with Gasteiger partial charge in [0.05, 0.1) is 6.61 Å². The zero-order chi connectivity index (χ0) is 20.8. The maximum Gasteiger partial charge on any atom is 0.293 e. The van der Waals surface area contributed by atoms with E-state index >= 15 is 0 Å². The molecule has 0 heterocycles. The molecule has 30 heavy (non-hydrogen) atoms. The Labute approximate surface area is 174 Å². The van der Waals surface area contributed by atoms with Crippen LogP contribution in [-0.2, 0) is 9.53 Å². The van der Waals surface area contributed by atoms with Crippen LogP contribution in [0.1, 0.15) is 12.8 Å². The Morgan fingerprint density at radius 1 is 0.833 bits per heavy atom. The van der Waals surface area contributed by atoms with E-state index in [1.54, 1.807) is 0 Å². The minimum atomic E-state index is -0.0612. The summed E-state index contributed by atoms with van der Waals surface area (Å²) in [6, 6.07) is 16.1. The molecule has 0 unspecified atom stereocenters. The number of hydrogen-bond donors (Lipinski definition) is 1. The Morgan fingerprint density at radius 2 is 1.60 bits per heavy atom. The summed E-state index contributed by atoms with van der Waals surface area (Å²) in [6.45, 7) is 1.00. The average Bonchev–Trinajstić information content (AvgIpc) is 2.80. The molecule has 3 aromatic carbocycles. The molecule has 1 aliphatic rings. The van der Waals surface area contributed by atoms with E-state index in [0.717, 1.165) is 45.2 Å². The number of aliphatic hydroxyl groups excluding tert-OH is 1. The van der Waals surface area contributed by atoms with Crippen molar-refractivity contribution >= 4 is 29.4 Å². The van der Waals surface area contributed by atoms with Crippen LogP contribution in [0.4, 0.5) is 0 Å². The third-order valence-electron chi connectivity index (χ3n) is 5.14. The summed E-state index contributed by atoms with van der Waals surface area (Å²) in [6.07, 6.45) is 6.43. The molecule has 5 nitrogen and oxygen atoms in total. The quantitative estimate of drug-likeness (QED) is 0.439. The van der Waals surface area contributed by atoms with Crippen LogP contribution in [0.5, 0.6) is 11.5 Å². The number of carbonyl (C=O) groups is 1. The van der Waals surface area contributed by atoms with Crippen molar-refractivity contribution in [3.8, 4) is 22.6 Å². The van der Waals surface area contributed by atoms with Gasteiger partial charge in [-0.1, -0.05) is 48.6 Å². The smallest absolute Gasteiger partial charge is 0.293 e. The first-order chi connectivity index (χ1) is 14.8. The molecule has 0 aliphatic heterocycles. The van der Waals surface area contributed by atoms with Gasteiger partial charge in [0.25, 0.3) is 6.47 Å². The van der Waals surface area contributed by atoms with Crippen molar-refractivity contribution < 1.29 is 24.1 Å². The minimum absolute atomic E-state index is 0.0612. The molecule has 0 radical (unpaired) electrons. The van der Waals surface area contributed by atoms with E-state index in [2.05, 4.69) is 30.4 Å². The molecule has 0 bridgehead atoms. The molecule has 4 rings (SSSR count). The molecular formula is C25H24O5. The Morgan fingerprint density at radius 3 is 2.47 bits per heavy atom. The lowest BCUT2D eigenvalue weighted by Crippen LogP contribution is -2.29. The topological polar surface area (TPSA) is 65.0 Å². The van der Waals surface area contributed by atoms with E-state index in [-0.39, 0.29) is 26.4 Å². The van der Waals surface area contributed by atoms with Crippen molar-refractivity contribution in [1.82, 2.24) is 0 Å². The average molecular weight is 404 g/mol. The third-order valence-corrected chi connectivity index (χ3v) is 5.14. The van der Waals surface area contributed by atoms with Crippen molar-refractivity contribution in [2.75, 3.05) is 26.4 Å². The van der Waals surface area contributed by atoms with Crippen molar-refractivity contribution in [3.05, 3.63) is 59.0 Å². The first-order valence-corrected chi connectivity index (χ1v) is 10.1. The second-order valence-electron chi connectivity index (χ2n) is 6.97. The van der Waals surface area contributed by atoms with Crippen LogP contribution < -0.4 is 19.9 Å². The Balaban J connectivity index is 1.97. The highest BCUT2D eigenvalue weighted by atomic mass is 16.5. The SMILES string of the molecule is O=COCCOc1ccc2ccccc2c1-c1c(OCCO)ccc2c1=CCCC=2. The molecule has 0 atom stereocenters. The van der Waals surface area contributed by atoms with Crippen molar-refractivity contribution in [2.45, 2.75) is 12.8 Å². The predicted octanol–water partition coefficient (Wildman–Crippen LogP) is 2.78. The van der Waals surface area contributed by atoms with Gasteiger partial charge in [0.1, 0.15) is 31.3 Å². The molecular weight excluding hydrogens is 380 g/mol. The van der Waals surface area contributed by atoms with E-state index in [4.69, 9.17) is 14.2 Å². The molecule has 0 aromatic heterocycles. The number of aliphatic hydroxyl groups is 1. The summed E-state index contributed by atoms with van der Waals surface area (Å²) >= 11 is 0. The fraction of sp³-hybridized carbons (Fsp3) is 0.240. The number of hydrogen-bond acceptors (Lipinski definition) is 5. The molecule has 3 aromatic rings. The first-order valence-electron chi connectivity index (χ1n) is 10.1. The lowest BCUT2D eigenvalue weighted by Gasteiger charge is -2.19. The maximum absolute atomic E-state index is 10.5. The third kappa shape index (κ3) is 4.02. The van der Waals surface area contributed by atoms with Gasteiger partial charge in [-0.3, -0.25) is 4.79 Å². The van der Waals surface area contributed by atoms with Gasteiger partial charge in [0.2, 0.25) is 0 Å². The molecule has 154 valence electrons. The summed E-state index contributed by atoms with van der Waals surface area (Å²) < 4.78 is 16.8. The monoisotopic (exact) mass is 404 g/mol. The summed E-state index contributed by atoms with van der Waals surface area (Å²) in [7, 11) is 0. The molecule has 1 N–H and O–H groups in total. The predicted molar refractivity (Wildman–Crippen MR) is 117 cm³/mol. The van der Waals surface area contributed by atoms with E-state index < -0.39 is 0 Å². The van der Waals surface area contributed by atoms with Gasteiger partial charge in [-0.15, -0.1) is 0 Å². The zero-order valence-electron chi connectivity index (χ0n) is 16.7. The molecule has 0 saturated carbocycles. The molecule has 0 fully saturated rings. The van der Waals surface area contributed by atoms with E-state index in [9.17, 15) is 9.90 Å². The number of ether oxygens (including phenoxy) is 3. The number of benzene rings is 3. The largest absolute Gasteiger partial charge is 0.491 e. The molecule has 0 saturated heterocycles. The van der Waals surface area contributed by atoms with Crippen LogP contribution in [0.3, 0.4) is 0 Å². The number of carbonyl (C=O) groups excluding carboxylic acids is 1. The highest BCUT2D eigenvalue weighted by Gasteiger charge is 2.18. The first kappa shape index (κ1) is 20.0. The van der Waals surface area contributed by atoms with Gasteiger partial charge in [-0.2, -0.15) is 0 Å². The Hall–Kier alpha value is -3.31. The minimum Gasteiger partial charge on any atom is -0.491 e. The van der Waals surface area contributed by atoms with Gasteiger partial charge in [0.15, 0.2) is 0 Å². The van der Waals surface area contributed by atoms with E-state index in [1.165, 1.54) is 0 Å². The summed E-state index contributed by atoms with van der Waals surface area (Å²) in [4.78, 5) is 10.5. The van der Waals surface area contributed by atoms with Gasteiger partial charge < -0.3 is 19.3 Å². The Bertz CT molecular complexity index is 1170. The van der Waals surface area contributed by atoms with Gasteiger partial charge in [-0.25, -0.2) is 0 Å². The van der Waals surface area contributed by atoms with E-state index in [0.29, 0.717) is 18.0 Å². The maximum atomic E-state index is 10.5. The van der Waals surface area contributed by atoms with Gasteiger partial charge >= 0.3 is 0 Å². The van der Waals surface area contributed by atoms with Gasteiger partial charge in [0, 0.05) is 11.1 Å². The summed E-state index contributed by atoms with van der Waals surface area (Å²) in [5.74, 6) is 1.41. The van der Waals surface area contributed by atoms with Gasteiger partial charge in [-0.05, 0) is 46.2 Å². The fourth-order valence-electron chi connectivity index (χ4n) is 3.89. The van der Waals surface area contributed by atoms with Crippen molar-refractivity contribution in [1.29, 1.82) is 0 Å². The summed E-state index contributed by atoms with van der Waals surface area (Å²) in [5.41, 5.74) is 1.90. The van der Waals surface area contributed by atoms with Crippen LogP contribution in [0.2, 0.25) is 0 Å². The normalized spacial score (nSPS) is 12.4. The molecule has 5 heteroatoms. The van der Waals surface area contributed by atoms with Crippen molar-refractivity contribution in [3.63, 3.8) is 0 Å². The number of rotatable bonds is 9. The van der Waals surface area contributed by atoms with Crippen molar-refractivity contribution in [2.24, 2.45) is 0 Å². The van der Waals surface area contributed by atoms with Crippen LogP contribution in [-0.4, -0.2) is 38.0 Å². The standard InChI is InChI=1S/C25H24O5/c26-13-14-29-22-11-9-18-5-1-3-7-20(18)24(22)25-21-8-4-2-6-19(21)10-12-23(25)30-16-15-28-17-27/h2,4-12,17,26H,1,3,13-16H2. The second kappa shape index (κ2) is 9.46. The lowest BCUT2D eigenvalue weighted by atomic mass is 9.92. The molecule has 0 amide bonds. The Kier molecular flexibility index (Phi) is 6.30. The van der Waals surface area contributed by atoms with E-state index in [1.807, 2.05) is 30.3 Å². The van der Waals surface area contributed by atoms with Crippen LogP contribution in [0.25, 0.3) is 34.1 Å².